The van der Waals surface area contributed by atoms with Crippen LogP contribution in [0.25, 0.3) is 6.08 Å². The smallest absolute Gasteiger partial charge is 0.303 e. The van der Waals surface area contributed by atoms with Crippen molar-refractivity contribution in [1.29, 1.82) is 0 Å². The molecule has 0 unspecified atom stereocenters. The fraction of sp³-hybridized carbons (Fsp3) is 0.455. The minimum atomic E-state index is -0.897. The zero-order valence-corrected chi connectivity index (χ0v) is 26.8. The van der Waals surface area contributed by atoms with E-state index < -0.39 is 11.9 Å². The number of thioether (sulfide) groups is 1. The van der Waals surface area contributed by atoms with Crippen LogP contribution < -0.4 is 16.4 Å². The van der Waals surface area contributed by atoms with Crippen molar-refractivity contribution >= 4 is 41.6 Å². The Kier molecular flexibility index (Phi) is 9.33. The molecule has 45 heavy (non-hydrogen) atoms. The average Bonchev–Trinajstić information content (AvgIpc) is 3.56. The van der Waals surface area contributed by atoms with E-state index in [2.05, 4.69) is 20.6 Å². The van der Waals surface area contributed by atoms with E-state index >= 15 is 0 Å². The maximum atomic E-state index is 12.6. The first-order valence-electron chi connectivity index (χ1n) is 15.3. The molecule has 3 aliphatic heterocycles. The summed E-state index contributed by atoms with van der Waals surface area (Å²) in [6, 6.07) is -0.236. The van der Waals surface area contributed by atoms with Crippen LogP contribution in [0.5, 0.6) is 0 Å². The maximum Gasteiger partial charge on any atom is 0.303 e. The number of rotatable bonds is 13. The molecule has 0 radical (unpaired) electrons. The van der Waals surface area contributed by atoms with Crippen LogP contribution in [0, 0.1) is 25.7 Å². The van der Waals surface area contributed by atoms with Crippen LogP contribution in [0.15, 0.2) is 29.1 Å². The number of aliphatic carboxylic acids is 2. The van der Waals surface area contributed by atoms with E-state index in [-0.39, 0.29) is 42.5 Å². The molecule has 2 amide bonds. The second-order valence-corrected chi connectivity index (χ2v) is 13.5. The zero-order valence-electron chi connectivity index (χ0n) is 26.0. The Labute approximate surface area is 266 Å². The SMILES string of the molecule is CC1=C(/C=C\N)C(=O)N[C@@H]1Cc1[nH]c(Cc2[nH]c(/C=C3\NC(=O)[C@H](C)[C@H]3[C@H]3CS3)c(C)c2CCC(=O)O)c(CCC(=O)O)c1C. The fourth-order valence-electron chi connectivity index (χ4n) is 6.72. The number of carbonyl (C=O) groups is 4. The molecule has 4 atom stereocenters. The summed E-state index contributed by atoms with van der Waals surface area (Å²) in [5.41, 5.74) is 15.0. The molecule has 0 aromatic carbocycles. The number of nitrogens with one attached hydrogen (secondary N) is 4. The molecule has 5 heterocycles. The van der Waals surface area contributed by atoms with E-state index in [9.17, 15) is 29.4 Å². The van der Waals surface area contributed by atoms with Crippen LogP contribution in [0.4, 0.5) is 0 Å². The summed E-state index contributed by atoms with van der Waals surface area (Å²) < 4.78 is 0. The molecule has 12 heteroatoms. The lowest BCUT2D eigenvalue weighted by atomic mass is 9.91. The zero-order chi connectivity index (χ0) is 32.6. The van der Waals surface area contributed by atoms with Gasteiger partial charge in [0.15, 0.2) is 0 Å². The van der Waals surface area contributed by atoms with Gasteiger partial charge in [0.1, 0.15) is 0 Å². The molecule has 0 aliphatic carbocycles. The molecule has 2 fully saturated rings. The minimum Gasteiger partial charge on any atom is -0.481 e. The molecule has 8 N–H and O–H groups in total. The molecule has 0 spiro atoms. The van der Waals surface area contributed by atoms with Gasteiger partial charge in [-0.1, -0.05) is 6.92 Å². The first-order chi connectivity index (χ1) is 21.4. The highest BCUT2D eigenvalue weighted by atomic mass is 32.2. The van der Waals surface area contributed by atoms with Gasteiger partial charge in [-0.25, -0.2) is 0 Å². The van der Waals surface area contributed by atoms with Crippen molar-refractivity contribution in [2.45, 2.75) is 77.5 Å². The summed E-state index contributed by atoms with van der Waals surface area (Å²) in [7, 11) is 0. The molecule has 2 aromatic rings. The van der Waals surface area contributed by atoms with Gasteiger partial charge in [0.2, 0.25) is 5.91 Å². The number of hydrogen-bond acceptors (Lipinski definition) is 6. The Morgan fingerprint density at radius 1 is 0.978 bits per heavy atom. The van der Waals surface area contributed by atoms with E-state index in [0.717, 1.165) is 62.1 Å². The summed E-state index contributed by atoms with van der Waals surface area (Å²) in [6.45, 7) is 7.78. The molecule has 0 saturated carbocycles. The van der Waals surface area contributed by atoms with Gasteiger partial charge in [0.25, 0.3) is 5.91 Å². The van der Waals surface area contributed by atoms with Gasteiger partial charge >= 0.3 is 11.9 Å². The Bertz CT molecular complexity index is 1640. The third kappa shape index (κ3) is 6.75. The number of nitrogens with two attached hydrogens (primary N) is 1. The van der Waals surface area contributed by atoms with E-state index in [4.69, 9.17) is 5.73 Å². The largest absolute Gasteiger partial charge is 0.481 e. The molecule has 3 aliphatic rings. The van der Waals surface area contributed by atoms with Crippen LogP contribution in [0.3, 0.4) is 0 Å². The van der Waals surface area contributed by atoms with Crippen molar-refractivity contribution in [1.82, 2.24) is 20.6 Å². The predicted molar refractivity (Wildman–Crippen MR) is 172 cm³/mol. The Balaban J connectivity index is 1.51. The molecule has 0 bridgehead atoms. The van der Waals surface area contributed by atoms with Gasteiger partial charge in [0.05, 0.1) is 6.04 Å². The number of aromatic nitrogens is 2. The van der Waals surface area contributed by atoms with Crippen molar-refractivity contribution in [3.8, 4) is 0 Å². The second kappa shape index (κ2) is 13.0. The highest BCUT2D eigenvalue weighted by Gasteiger charge is 2.45. The Morgan fingerprint density at radius 3 is 2.20 bits per heavy atom. The van der Waals surface area contributed by atoms with E-state index in [1.165, 1.54) is 6.20 Å². The summed E-state index contributed by atoms with van der Waals surface area (Å²) >= 11 is 1.85. The third-order valence-corrected chi connectivity index (χ3v) is 10.4. The highest BCUT2D eigenvalue weighted by molar-refractivity contribution is 8.06. The lowest BCUT2D eigenvalue weighted by Gasteiger charge is -2.12. The van der Waals surface area contributed by atoms with Gasteiger partial charge in [-0.15, -0.1) is 0 Å². The summed E-state index contributed by atoms with van der Waals surface area (Å²) in [5, 5.41) is 25.5. The lowest BCUT2D eigenvalue weighted by Crippen LogP contribution is -2.30. The lowest BCUT2D eigenvalue weighted by molar-refractivity contribution is -0.138. The average molecular weight is 636 g/mol. The molecule has 11 nitrogen and oxygen atoms in total. The normalized spacial score (nSPS) is 23.8. The first-order valence-corrected chi connectivity index (χ1v) is 16.3. The number of carboxylic acids is 2. The van der Waals surface area contributed by atoms with E-state index in [0.29, 0.717) is 36.5 Å². The summed E-state index contributed by atoms with van der Waals surface area (Å²) in [5.74, 6) is -0.931. The Hall–Kier alpha value is -4.19. The Morgan fingerprint density at radius 2 is 1.60 bits per heavy atom. The number of hydrogen-bond donors (Lipinski definition) is 7. The van der Waals surface area contributed by atoms with E-state index in [1.54, 1.807) is 6.08 Å². The molecule has 5 rings (SSSR count). The molecule has 2 aromatic heterocycles. The van der Waals surface area contributed by atoms with Crippen LogP contribution >= 0.6 is 11.8 Å². The standard InChI is InChI=1S/C33H41N5O6S/c1-15-19(5-7-29(39)40)25(35-22(15)11-24-17(3)21(9-10-34)33(44)37-24)13-26-20(6-8-30(41)42)16(2)23(36-26)12-27-31(28-14-45-28)18(4)32(43)38-27/h9-10,12,18,24,28,31,35-36H,5-8,11,13-14,34H2,1-4H3,(H,37,44)(H,38,43)(H,39,40)(H,41,42)/b10-9-,27-12-/t18-,24-,28-,31-/m1/s1. The monoisotopic (exact) mass is 635 g/mol. The second-order valence-electron chi connectivity index (χ2n) is 12.2. The van der Waals surface area contributed by atoms with E-state index in [1.807, 2.05) is 45.5 Å². The van der Waals surface area contributed by atoms with Gasteiger partial charge < -0.3 is 36.5 Å². The summed E-state index contributed by atoms with van der Waals surface area (Å²) in [6.07, 6.45) is 6.42. The molecule has 2 saturated heterocycles. The highest BCUT2D eigenvalue weighted by Crippen LogP contribution is 2.46. The van der Waals surface area contributed by atoms with Crippen LogP contribution in [-0.4, -0.2) is 61.0 Å². The number of aromatic amines is 2. The van der Waals surface area contributed by atoms with Crippen molar-refractivity contribution in [3.05, 3.63) is 74.1 Å². The van der Waals surface area contributed by atoms with Gasteiger partial charge in [-0.3, -0.25) is 19.2 Å². The first kappa shape index (κ1) is 32.2. The summed E-state index contributed by atoms with van der Waals surface area (Å²) in [4.78, 5) is 55.3. The fourth-order valence-corrected chi connectivity index (χ4v) is 7.62. The minimum absolute atomic E-state index is 0.0152. The number of allylic oxidation sites excluding steroid dienone is 1. The van der Waals surface area contributed by atoms with Gasteiger partial charge in [-0.2, -0.15) is 11.8 Å². The molecular weight excluding hydrogens is 594 g/mol. The van der Waals surface area contributed by atoms with Crippen LogP contribution in [0.1, 0.15) is 71.7 Å². The van der Waals surface area contributed by atoms with Crippen LogP contribution in [-0.2, 0) is 44.9 Å². The van der Waals surface area contributed by atoms with Crippen molar-refractivity contribution in [2.24, 2.45) is 17.6 Å². The topological polar surface area (TPSA) is 190 Å². The maximum absolute atomic E-state index is 12.6. The molecule has 240 valence electrons. The third-order valence-electron chi connectivity index (χ3n) is 9.42. The van der Waals surface area contributed by atoms with Gasteiger partial charge in [0, 0.05) is 82.6 Å². The van der Waals surface area contributed by atoms with Crippen LogP contribution in [0.2, 0.25) is 0 Å². The number of carbonyl (C=O) groups excluding carboxylic acids is 2. The quantitative estimate of drug-likeness (QED) is 0.163. The van der Waals surface area contributed by atoms with Crippen molar-refractivity contribution < 1.29 is 29.4 Å². The van der Waals surface area contributed by atoms with Crippen molar-refractivity contribution in [2.75, 3.05) is 5.75 Å². The number of H-pyrrole nitrogens is 2. The predicted octanol–water partition coefficient (Wildman–Crippen LogP) is 3.25. The molecular formula is C33H41N5O6S. The number of amides is 2. The number of carboxylic acid groups (broad SMARTS) is 2. The van der Waals surface area contributed by atoms with Gasteiger partial charge in [-0.05, 0) is 79.8 Å². The van der Waals surface area contributed by atoms with Crippen molar-refractivity contribution in [3.63, 3.8) is 0 Å².